The maximum atomic E-state index is 12.3. The monoisotopic (exact) mass is 415 g/mol. The Morgan fingerprint density at radius 1 is 1.14 bits per heavy atom. The van der Waals surface area contributed by atoms with Gasteiger partial charge in [0.1, 0.15) is 0 Å². The maximum absolute atomic E-state index is 12.3. The fraction of sp³-hybridized carbons (Fsp3) is 0.474. The van der Waals surface area contributed by atoms with Crippen molar-refractivity contribution in [2.24, 2.45) is 0 Å². The highest BCUT2D eigenvalue weighted by atomic mass is 32.2. The number of alkyl halides is 3. The molecule has 0 spiro atoms. The van der Waals surface area contributed by atoms with Crippen LogP contribution >= 0.6 is 11.8 Å². The Labute approximate surface area is 166 Å². The Balaban J connectivity index is 1.78. The van der Waals surface area contributed by atoms with Crippen molar-refractivity contribution in [1.29, 1.82) is 0 Å². The molecule has 9 heteroatoms. The van der Waals surface area contributed by atoms with Crippen LogP contribution in [0.25, 0.3) is 6.08 Å². The van der Waals surface area contributed by atoms with Crippen molar-refractivity contribution in [3.8, 4) is 0 Å². The van der Waals surface area contributed by atoms with E-state index >= 15 is 0 Å². The molecule has 0 radical (unpaired) electrons. The van der Waals surface area contributed by atoms with Gasteiger partial charge in [-0.3, -0.25) is 14.5 Å². The van der Waals surface area contributed by atoms with Gasteiger partial charge in [0.25, 0.3) is 0 Å². The molecule has 1 N–H and O–H groups in total. The molecular weight excluding hydrogens is 391 g/mol. The summed E-state index contributed by atoms with van der Waals surface area (Å²) in [4.78, 5) is 27.8. The van der Waals surface area contributed by atoms with Crippen molar-refractivity contribution in [3.05, 3.63) is 35.9 Å². The van der Waals surface area contributed by atoms with Gasteiger partial charge < -0.3 is 10.2 Å². The predicted molar refractivity (Wildman–Crippen MR) is 104 cm³/mol. The molecule has 0 unspecified atom stereocenters. The molecule has 2 rings (SSSR count). The number of nitrogens with one attached hydrogen (secondary N) is 1. The summed E-state index contributed by atoms with van der Waals surface area (Å²) in [7, 11) is 0. The predicted octanol–water partition coefficient (Wildman–Crippen LogP) is 2.98. The largest absolute Gasteiger partial charge is 0.446 e. The second-order valence-corrected chi connectivity index (χ2v) is 7.54. The molecule has 1 aromatic carbocycles. The van der Waals surface area contributed by atoms with Crippen LogP contribution in [0.5, 0.6) is 0 Å². The summed E-state index contributed by atoms with van der Waals surface area (Å²) in [5.74, 6) is -0.155. The van der Waals surface area contributed by atoms with Gasteiger partial charge in [-0.25, -0.2) is 0 Å². The summed E-state index contributed by atoms with van der Waals surface area (Å²) < 4.78 is 37.0. The minimum Gasteiger partial charge on any atom is -0.355 e. The summed E-state index contributed by atoms with van der Waals surface area (Å²) in [6.45, 7) is 5.31. The topological polar surface area (TPSA) is 52.7 Å². The van der Waals surface area contributed by atoms with E-state index in [2.05, 4.69) is 5.32 Å². The zero-order valence-corrected chi connectivity index (χ0v) is 16.5. The zero-order valence-electron chi connectivity index (χ0n) is 15.7. The normalized spacial score (nSPS) is 15.8. The first-order valence-electron chi connectivity index (χ1n) is 9.08. The first-order valence-corrected chi connectivity index (χ1v) is 9.90. The lowest BCUT2D eigenvalue weighted by Crippen LogP contribution is -2.50. The number of nitrogens with zero attached hydrogens (tertiary/aromatic N) is 2. The van der Waals surface area contributed by atoms with Crippen LogP contribution < -0.4 is 5.32 Å². The van der Waals surface area contributed by atoms with Crippen LogP contribution in [-0.4, -0.2) is 66.4 Å². The molecule has 154 valence electrons. The molecular formula is C19H24F3N3O2S. The van der Waals surface area contributed by atoms with Crippen LogP contribution in [0.1, 0.15) is 18.9 Å². The number of hydrogen-bond acceptors (Lipinski definition) is 4. The van der Waals surface area contributed by atoms with Gasteiger partial charge in [0.05, 0.1) is 6.54 Å². The standard InChI is InChI=1S/C19H24F3N3O2S/c1-2-9-23-17(26)14-24-10-12-25(13-11-24)18(27)8-5-15-3-6-16(7-4-15)28-19(20,21)22/h3-8H,2,9-14H2,1H3,(H,23,26)/b8-5+. The van der Waals surface area contributed by atoms with Gasteiger partial charge in [0, 0.05) is 43.7 Å². The number of carbonyl (C=O) groups is 2. The molecule has 0 bridgehead atoms. The molecule has 0 atom stereocenters. The lowest BCUT2D eigenvalue weighted by atomic mass is 10.2. The minimum atomic E-state index is -4.31. The molecule has 0 aromatic heterocycles. The highest BCUT2D eigenvalue weighted by Crippen LogP contribution is 2.36. The number of carbonyl (C=O) groups excluding carboxylic acids is 2. The van der Waals surface area contributed by atoms with Gasteiger partial charge in [-0.2, -0.15) is 13.2 Å². The van der Waals surface area contributed by atoms with Crippen LogP contribution in [0.2, 0.25) is 0 Å². The highest BCUT2D eigenvalue weighted by Gasteiger charge is 2.29. The van der Waals surface area contributed by atoms with Crippen LogP contribution in [0, 0.1) is 0 Å². The second-order valence-electron chi connectivity index (χ2n) is 6.40. The van der Waals surface area contributed by atoms with Gasteiger partial charge >= 0.3 is 5.51 Å². The molecule has 1 fully saturated rings. The van der Waals surface area contributed by atoms with E-state index in [1.165, 1.54) is 18.2 Å². The molecule has 1 aliphatic rings. The molecule has 1 aromatic rings. The summed E-state index contributed by atoms with van der Waals surface area (Å²) in [5, 5.41) is 2.83. The van der Waals surface area contributed by atoms with E-state index in [1.807, 2.05) is 11.8 Å². The first kappa shape index (κ1) is 22.3. The van der Waals surface area contributed by atoms with Crippen LogP contribution in [0.15, 0.2) is 35.2 Å². The fourth-order valence-electron chi connectivity index (χ4n) is 2.70. The van der Waals surface area contributed by atoms with E-state index in [0.29, 0.717) is 44.8 Å². The van der Waals surface area contributed by atoms with E-state index in [4.69, 9.17) is 0 Å². The van der Waals surface area contributed by atoms with Gasteiger partial charge in [-0.1, -0.05) is 19.1 Å². The molecule has 1 heterocycles. The zero-order chi connectivity index (χ0) is 20.6. The SMILES string of the molecule is CCCNC(=O)CN1CCN(C(=O)/C=C/c2ccc(SC(F)(F)F)cc2)CC1. The number of amides is 2. The van der Waals surface area contributed by atoms with Crippen molar-refractivity contribution in [1.82, 2.24) is 15.1 Å². The van der Waals surface area contributed by atoms with Crippen LogP contribution in [0.3, 0.4) is 0 Å². The first-order chi connectivity index (χ1) is 13.3. The summed E-state index contributed by atoms with van der Waals surface area (Å²) >= 11 is -0.167. The number of thioether (sulfide) groups is 1. The van der Waals surface area contributed by atoms with Crippen molar-refractivity contribution in [2.45, 2.75) is 23.7 Å². The molecule has 2 amide bonds. The van der Waals surface area contributed by atoms with Gasteiger partial charge in [0.15, 0.2) is 0 Å². The third kappa shape index (κ3) is 7.93. The summed E-state index contributed by atoms with van der Waals surface area (Å²) in [6.07, 6.45) is 3.91. The molecule has 5 nitrogen and oxygen atoms in total. The van der Waals surface area contributed by atoms with Gasteiger partial charge in [0.2, 0.25) is 11.8 Å². The second kappa shape index (κ2) is 10.5. The lowest BCUT2D eigenvalue weighted by molar-refractivity contribution is -0.128. The number of hydrogen-bond donors (Lipinski definition) is 1. The average molecular weight is 415 g/mol. The van der Waals surface area contributed by atoms with Crippen LogP contribution in [-0.2, 0) is 9.59 Å². The third-order valence-corrected chi connectivity index (χ3v) is 4.89. The van der Waals surface area contributed by atoms with Gasteiger partial charge in [-0.05, 0) is 42.0 Å². The van der Waals surface area contributed by atoms with E-state index in [9.17, 15) is 22.8 Å². The molecule has 0 aliphatic carbocycles. The molecule has 28 heavy (non-hydrogen) atoms. The van der Waals surface area contributed by atoms with Crippen molar-refractivity contribution >= 4 is 29.7 Å². The number of halogens is 3. The quantitative estimate of drug-likeness (QED) is 0.550. The molecule has 0 saturated carbocycles. The number of rotatable bonds is 7. The smallest absolute Gasteiger partial charge is 0.355 e. The third-order valence-electron chi connectivity index (χ3n) is 4.16. The Bertz CT molecular complexity index is 685. The Hall–Kier alpha value is -2.00. The van der Waals surface area contributed by atoms with E-state index in [-0.39, 0.29) is 28.5 Å². The minimum absolute atomic E-state index is 0.00587. The van der Waals surface area contributed by atoms with Crippen molar-refractivity contribution < 1.29 is 22.8 Å². The maximum Gasteiger partial charge on any atom is 0.446 e. The summed E-state index contributed by atoms with van der Waals surface area (Å²) in [5.41, 5.74) is -3.65. The Kier molecular flexibility index (Phi) is 8.37. The van der Waals surface area contributed by atoms with Crippen molar-refractivity contribution in [2.75, 3.05) is 39.3 Å². The van der Waals surface area contributed by atoms with Crippen molar-refractivity contribution in [3.63, 3.8) is 0 Å². The average Bonchev–Trinajstić information content (AvgIpc) is 2.65. The Morgan fingerprint density at radius 2 is 1.79 bits per heavy atom. The fourth-order valence-corrected chi connectivity index (χ4v) is 3.24. The van der Waals surface area contributed by atoms with Gasteiger partial charge in [-0.15, -0.1) is 0 Å². The van der Waals surface area contributed by atoms with Crippen LogP contribution in [0.4, 0.5) is 13.2 Å². The highest BCUT2D eigenvalue weighted by molar-refractivity contribution is 8.00. The number of benzene rings is 1. The molecule has 1 aliphatic heterocycles. The lowest BCUT2D eigenvalue weighted by Gasteiger charge is -2.33. The summed E-state index contributed by atoms with van der Waals surface area (Å²) in [6, 6.07) is 5.85. The van der Waals surface area contributed by atoms with E-state index in [0.717, 1.165) is 6.42 Å². The van der Waals surface area contributed by atoms with E-state index < -0.39 is 5.51 Å². The van der Waals surface area contributed by atoms with E-state index in [1.54, 1.807) is 23.1 Å². The molecule has 1 saturated heterocycles. The number of piperazine rings is 1. The Morgan fingerprint density at radius 3 is 2.36 bits per heavy atom.